The van der Waals surface area contributed by atoms with Crippen molar-refractivity contribution in [3.05, 3.63) is 65.8 Å². The Balaban J connectivity index is 2.37. The van der Waals surface area contributed by atoms with E-state index in [1.807, 2.05) is 12.1 Å². The summed E-state index contributed by atoms with van der Waals surface area (Å²) in [4.78, 5) is 0. The van der Waals surface area contributed by atoms with Crippen LogP contribution in [0.25, 0.3) is 0 Å². The summed E-state index contributed by atoms with van der Waals surface area (Å²) in [6, 6.07) is 8.28. The molecule has 1 nitrogen and oxygen atoms in total. The van der Waals surface area contributed by atoms with E-state index in [0.717, 1.165) is 12.2 Å². The van der Waals surface area contributed by atoms with Crippen molar-refractivity contribution in [2.75, 3.05) is 6.61 Å². The van der Waals surface area contributed by atoms with Gasteiger partial charge in [-0.2, -0.15) is 0 Å². The van der Waals surface area contributed by atoms with Crippen LogP contribution in [-0.4, -0.2) is 6.61 Å². The van der Waals surface area contributed by atoms with E-state index in [4.69, 9.17) is 4.74 Å². The Morgan fingerprint density at radius 1 is 1.32 bits per heavy atom. The van der Waals surface area contributed by atoms with Gasteiger partial charge in [0.15, 0.2) is 0 Å². The largest absolute Gasteiger partial charge is 0.489 e. The van der Waals surface area contributed by atoms with Crippen LogP contribution in [0.15, 0.2) is 60.2 Å². The highest BCUT2D eigenvalue weighted by atomic mass is 16.5. The van der Waals surface area contributed by atoms with Gasteiger partial charge in [-0.1, -0.05) is 62.4 Å². The molecule has 0 bridgehead atoms. The lowest BCUT2D eigenvalue weighted by Crippen LogP contribution is -2.20. The molecule has 0 unspecified atom stereocenters. The first kappa shape index (κ1) is 13.7. The number of ether oxygens (including phenoxy) is 1. The lowest BCUT2D eigenvalue weighted by molar-refractivity contribution is 0.353. The molecule has 1 aliphatic carbocycles. The molecule has 19 heavy (non-hydrogen) atoms. The topological polar surface area (TPSA) is 9.23 Å². The molecule has 0 heterocycles. The van der Waals surface area contributed by atoms with E-state index in [0.29, 0.717) is 6.61 Å². The van der Waals surface area contributed by atoms with Gasteiger partial charge in [0, 0.05) is 11.0 Å². The van der Waals surface area contributed by atoms with Crippen molar-refractivity contribution in [1.82, 2.24) is 0 Å². The zero-order valence-corrected chi connectivity index (χ0v) is 12.1. The quantitative estimate of drug-likeness (QED) is 0.685. The molecule has 0 fully saturated rings. The maximum Gasteiger partial charge on any atom is 0.123 e. The van der Waals surface area contributed by atoms with Gasteiger partial charge in [-0.05, 0) is 25.0 Å². The van der Waals surface area contributed by atoms with Gasteiger partial charge >= 0.3 is 0 Å². The van der Waals surface area contributed by atoms with E-state index < -0.39 is 0 Å². The zero-order chi connectivity index (χ0) is 13.9. The summed E-state index contributed by atoms with van der Waals surface area (Å²) in [5.74, 6) is 0.950. The summed E-state index contributed by atoms with van der Waals surface area (Å²) in [5, 5.41) is 0. The third-order valence-corrected chi connectivity index (χ3v) is 3.68. The van der Waals surface area contributed by atoms with Crippen molar-refractivity contribution in [3.63, 3.8) is 0 Å². The van der Waals surface area contributed by atoms with Gasteiger partial charge in [-0.15, -0.1) is 0 Å². The zero-order valence-electron chi connectivity index (χ0n) is 12.1. The molecule has 1 heteroatoms. The third-order valence-electron chi connectivity index (χ3n) is 3.68. The van der Waals surface area contributed by atoms with E-state index in [-0.39, 0.29) is 5.41 Å². The van der Waals surface area contributed by atoms with Gasteiger partial charge in [0.05, 0.1) is 0 Å². The molecular formula is C18H22O. The molecule has 0 N–H and O–H groups in total. The van der Waals surface area contributed by atoms with Crippen LogP contribution < -0.4 is 4.74 Å². The van der Waals surface area contributed by atoms with Gasteiger partial charge in [-0.3, -0.25) is 0 Å². The van der Waals surface area contributed by atoms with Crippen molar-refractivity contribution in [1.29, 1.82) is 0 Å². The highest BCUT2D eigenvalue weighted by Crippen LogP contribution is 2.40. The van der Waals surface area contributed by atoms with Gasteiger partial charge in [0.1, 0.15) is 12.4 Å². The minimum atomic E-state index is -0.0322. The Morgan fingerprint density at radius 3 is 2.68 bits per heavy atom. The fraction of sp³-hybridized carbons (Fsp3) is 0.333. The molecule has 100 valence electrons. The predicted octanol–water partition coefficient (Wildman–Crippen LogP) is 4.81. The second-order valence-corrected chi connectivity index (χ2v) is 5.58. The fourth-order valence-corrected chi connectivity index (χ4v) is 2.50. The SMILES string of the molecule is C=CCOc1ccccc1C(C)(C)C1=CCC(C)=C1. The Bertz CT molecular complexity index is 532. The summed E-state index contributed by atoms with van der Waals surface area (Å²) in [7, 11) is 0. The minimum absolute atomic E-state index is 0.0322. The molecular weight excluding hydrogens is 232 g/mol. The average Bonchev–Trinajstić information content (AvgIpc) is 2.84. The highest BCUT2D eigenvalue weighted by Gasteiger charge is 2.28. The van der Waals surface area contributed by atoms with Crippen molar-refractivity contribution in [2.45, 2.75) is 32.6 Å². The first-order valence-electron chi connectivity index (χ1n) is 6.76. The number of hydrogen-bond acceptors (Lipinski definition) is 1. The van der Waals surface area contributed by atoms with E-state index in [2.05, 4.69) is 51.6 Å². The molecule has 0 radical (unpaired) electrons. The molecule has 0 aromatic heterocycles. The molecule has 2 rings (SSSR count). The smallest absolute Gasteiger partial charge is 0.123 e. The van der Waals surface area contributed by atoms with Crippen LogP contribution in [0.3, 0.4) is 0 Å². The van der Waals surface area contributed by atoms with E-state index in [1.165, 1.54) is 16.7 Å². The van der Waals surface area contributed by atoms with Crippen LogP contribution >= 0.6 is 0 Å². The average molecular weight is 254 g/mol. The fourth-order valence-electron chi connectivity index (χ4n) is 2.50. The van der Waals surface area contributed by atoms with E-state index in [1.54, 1.807) is 6.08 Å². The molecule has 1 aromatic rings. The molecule has 0 aliphatic heterocycles. The number of benzene rings is 1. The maximum absolute atomic E-state index is 5.79. The molecule has 0 saturated carbocycles. The van der Waals surface area contributed by atoms with Crippen LogP contribution in [0.4, 0.5) is 0 Å². The first-order chi connectivity index (χ1) is 9.05. The molecule has 0 spiro atoms. The summed E-state index contributed by atoms with van der Waals surface area (Å²) >= 11 is 0. The van der Waals surface area contributed by atoms with Crippen LogP contribution in [0, 0.1) is 0 Å². The van der Waals surface area contributed by atoms with Gasteiger partial charge in [0.2, 0.25) is 0 Å². The van der Waals surface area contributed by atoms with Crippen molar-refractivity contribution in [2.24, 2.45) is 0 Å². The number of para-hydroxylation sites is 1. The summed E-state index contributed by atoms with van der Waals surface area (Å²) in [6.45, 7) is 10.9. The standard InChI is InChI=1S/C18H22O/c1-5-12-19-17-9-7-6-8-16(17)18(3,4)15-11-10-14(2)13-15/h5-9,11,13H,1,10,12H2,2-4H3. The predicted molar refractivity (Wildman–Crippen MR) is 81.6 cm³/mol. The second-order valence-electron chi connectivity index (χ2n) is 5.58. The van der Waals surface area contributed by atoms with Crippen molar-refractivity contribution < 1.29 is 4.74 Å². The van der Waals surface area contributed by atoms with E-state index in [9.17, 15) is 0 Å². The Morgan fingerprint density at radius 2 is 2.05 bits per heavy atom. The molecule has 0 saturated heterocycles. The van der Waals surface area contributed by atoms with Gasteiger partial charge < -0.3 is 4.74 Å². The van der Waals surface area contributed by atoms with Gasteiger partial charge in [-0.25, -0.2) is 0 Å². The Labute approximate surface area is 116 Å². The van der Waals surface area contributed by atoms with Crippen LogP contribution in [-0.2, 0) is 5.41 Å². The third kappa shape index (κ3) is 2.81. The number of rotatable bonds is 5. The highest BCUT2D eigenvalue weighted by molar-refractivity contribution is 5.50. The minimum Gasteiger partial charge on any atom is -0.489 e. The summed E-state index contributed by atoms with van der Waals surface area (Å²) in [6.07, 6.45) is 7.46. The van der Waals surface area contributed by atoms with Crippen LogP contribution in [0.5, 0.6) is 5.75 Å². The normalized spacial score (nSPS) is 14.9. The lowest BCUT2D eigenvalue weighted by atomic mass is 9.77. The lowest BCUT2D eigenvalue weighted by Gasteiger charge is -2.28. The Hall–Kier alpha value is -1.76. The molecule has 0 atom stereocenters. The van der Waals surface area contributed by atoms with Crippen LogP contribution in [0.2, 0.25) is 0 Å². The number of allylic oxidation sites excluding steroid dienone is 4. The Kier molecular flexibility index (Phi) is 3.94. The molecule has 1 aliphatic rings. The van der Waals surface area contributed by atoms with Gasteiger partial charge in [0.25, 0.3) is 0 Å². The number of hydrogen-bond donors (Lipinski definition) is 0. The van der Waals surface area contributed by atoms with E-state index >= 15 is 0 Å². The molecule has 0 amide bonds. The maximum atomic E-state index is 5.79. The van der Waals surface area contributed by atoms with Crippen LogP contribution in [0.1, 0.15) is 32.8 Å². The van der Waals surface area contributed by atoms with Crippen molar-refractivity contribution in [3.8, 4) is 5.75 Å². The summed E-state index contributed by atoms with van der Waals surface area (Å²) < 4.78 is 5.79. The first-order valence-corrected chi connectivity index (χ1v) is 6.76. The summed E-state index contributed by atoms with van der Waals surface area (Å²) in [5.41, 5.74) is 4.00. The monoisotopic (exact) mass is 254 g/mol. The second kappa shape index (κ2) is 5.48. The van der Waals surface area contributed by atoms with Crippen molar-refractivity contribution >= 4 is 0 Å². The molecule has 1 aromatic carbocycles.